The SMILES string of the molecule is CC(C)Cc1cc[nH]c1CC(C)C. The summed E-state index contributed by atoms with van der Waals surface area (Å²) in [6.07, 6.45) is 4.44. The van der Waals surface area contributed by atoms with Crippen molar-refractivity contribution in [3.63, 3.8) is 0 Å². The van der Waals surface area contributed by atoms with Gasteiger partial charge in [0.25, 0.3) is 0 Å². The molecule has 1 heterocycles. The lowest BCUT2D eigenvalue weighted by Gasteiger charge is -2.08. The Labute approximate surface area is 81.6 Å². The lowest BCUT2D eigenvalue weighted by molar-refractivity contribution is 0.610. The number of nitrogens with one attached hydrogen (secondary N) is 1. The molecule has 13 heavy (non-hydrogen) atoms. The van der Waals surface area contributed by atoms with E-state index in [0.29, 0.717) is 0 Å². The van der Waals surface area contributed by atoms with Crippen molar-refractivity contribution < 1.29 is 0 Å². The summed E-state index contributed by atoms with van der Waals surface area (Å²) >= 11 is 0. The highest BCUT2D eigenvalue weighted by Gasteiger charge is 2.06. The van der Waals surface area contributed by atoms with E-state index in [2.05, 4.69) is 44.9 Å². The first kappa shape index (κ1) is 10.4. The van der Waals surface area contributed by atoms with E-state index in [9.17, 15) is 0 Å². The first-order valence-electron chi connectivity index (χ1n) is 5.24. The van der Waals surface area contributed by atoms with Gasteiger partial charge in [-0.25, -0.2) is 0 Å². The van der Waals surface area contributed by atoms with Gasteiger partial charge in [-0.15, -0.1) is 0 Å². The topological polar surface area (TPSA) is 15.8 Å². The maximum Gasteiger partial charge on any atom is 0.0182 e. The molecule has 1 N–H and O–H groups in total. The van der Waals surface area contributed by atoms with Crippen LogP contribution in [0.3, 0.4) is 0 Å². The molecule has 0 radical (unpaired) electrons. The molecule has 1 rings (SSSR count). The van der Waals surface area contributed by atoms with E-state index in [1.54, 1.807) is 0 Å². The van der Waals surface area contributed by atoms with Gasteiger partial charge in [-0.1, -0.05) is 27.7 Å². The van der Waals surface area contributed by atoms with Crippen molar-refractivity contribution in [2.75, 3.05) is 0 Å². The summed E-state index contributed by atoms with van der Waals surface area (Å²) in [5.74, 6) is 1.49. The van der Waals surface area contributed by atoms with E-state index in [-0.39, 0.29) is 0 Å². The third-order valence-corrected chi connectivity index (χ3v) is 2.17. The number of hydrogen-bond acceptors (Lipinski definition) is 0. The number of hydrogen-bond donors (Lipinski definition) is 1. The maximum absolute atomic E-state index is 3.34. The van der Waals surface area contributed by atoms with Crippen LogP contribution in [0.5, 0.6) is 0 Å². The molecule has 0 aliphatic rings. The first-order valence-corrected chi connectivity index (χ1v) is 5.24. The molecule has 0 saturated carbocycles. The Bertz CT molecular complexity index is 221. The molecular formula is C12H21N. The molecular weight excluding hydrogens is 158 g/mol. The van der Waals surface area contributed by atoms with Crippen molar-refractivity contribution >= 4 is 0 Å². The van der Waals surface area contributed by atoms with Crippen LogP contribution in [0.2, 0.25) is 0 Å². The smallest absolute Gasteiger partial charge is 0.0182 e. The van der Waals surface area contributed by atoms with Crippen molar-refractivity contribution in [3.05, 3.63) is 23.5 Å². The minimum atomic E-state index is 0.740. The van der Waals surface area contributed by atoms with Crippen molar-refractivity contribution in [2.45, 2.75) is 40.5 Å². The summed E-state index contributed by atoms with van der Waals surface area (Å²) in [4.78, 5) is 3.34. The number of aromatic nitrogens is 1. The summed E-state index contributed by atoms with van der Waals surface area (Å²) in [6, 6.07) is 2.22. The molecule has 1 heteroatoms. The molecule has 0 fully saturated rings. The summed E-state index contributed by atoms with van der Waals surface area (Å²) in [5.41, 5.74) is 2.94. The van der Waals surface area contributed by atoms with Gasteiger partial charge in [0.05, 0.1) is 0 Å². The summed E-state index contributed by atoms with van der Waals surface area (Å²) < 4.78 is 0. The van der Waals surface area contributed by atoms with Gasteiger partial charge in [0.1, 0.15) is 0 Å². The fourth-order valence-electron chi connectivity index (χ4n) is 1.67. The lowest BCUT2D eigenvalue weighted by Crippen LogP contribution is -2.01. The van der Waals surface area contributed by atoms with Crippen LogP contribution < -0.4 is 0 Å². The van der Waals surface area contributed by atoms with Gasteiger partial charge in [-0.3, -0.25) is 0 Å². The van der Waals surface area contributed by atoms with Crippen molar-refractivity contribution in [2.24, 2.45) is 11.8 Å². The lowest BCUT2D eigenvalue weighted by atomic mass is 9.99. The van der Waals surface area contributed by atoms with E-state index in [0.717, 1.165) is 11.8 Å². The zero-order valence-electron chi connectivity index (χ0n) is 9.22. The van der Waals surface area contributed by atoms with Crippen LogP contribution in [0.25, 0.3) is 0 Å². The van der Waals surface area contributed by atoms with E-state index in [1.165, 1.54) is 24.1 Å². The van der Waals surface area contributed by atoms with Gasteiger partial charge >= 0.3 is 0 Å². The highest BCUT2D eigenvalue weighted by Crippen LogP contribution is 2.15. The zero-order chi connectivity index (χ0) is 9.84. The predicted molar refractivity (Wildman–Crippen MR) is 57.9 cm³/mol. The molecule has 1 aromatic heterocycles. The van der Waals surface area contributed by atoms with E-state index >= 15 is 0 Å². The number of aromatic amines is 1. The summed E-state index contributed by atoms with van der Waals surface area (Å²) in [6.45, 7) is 9.07. The Morgan fingerprint density at radius 1 is 1.08 bits per heavy atom. The fraction of sp³-hybridized carbons (Fsp3) is 0.667. The number of rotatable bonds is 4. The maximum atomic E-state index is 3.34. The minimum absolute atomic E-state index is 0.740. The third-order valence-electron chi connectivity index (χ3n) is 2.17. The Kier molecular flexibility index (Phi) is 3.58. The molecule has 1 nitrogen and oxygen atoms in total. The van der Waals surface area contributed by atoms with E-state index in [4.69, 9.17) is 0 Å². The molecule has 0 aliphatic heterocycles. The predicted octanol–water partition coefficient (Wildman–Crippen LogP) is 3.41. The van der Waals surface area contributed by atoms with Gasteiger partial charge in [0.2, 0.25) is 0 Å². The van der Waals surface area contributed by atoms with Gasteiger partial charge < -0.3 is 4.98 Å². The Hall–Kier alpha value is -0.720. The van der Waals surface area contributed by atoms with Crippen LogP contribution in [0.1, 0.15) is 39.0 Å². The number of H-pyrrole nitrogens is 1. The molecule has 0 amide bonds. The molecule has 1 aromatic rings. The Morgan fingerprint density at radius 3 is 2.23 bits per heavy atom. The van der Waals surface area contributed by atoms with Crippen LogP contribution in [-0.4, -0.2) is 4.98 Å². The summed E-state index contributed by atoms with van der Waals surface area (Å²) in [5, 5.41) is 0. The van der Waals surface area contributed by atoms with Crippen molar-refractivity contribution in [3.8, 4) is 0 Å². The van der Waals surface area contributed by atoms with E-state index < -0.39 is 0 Å². The first-order chi connectivity index (χ1) is 6.09. The summed E-state index contributed by atoms with van der Waals surface area (Å²) in [7, 11) is 0. The minimum Gasteiger partial charge on any atom is -0.365 e. The van der Waals surface area contributed by atoms with Crippen LogP contribution in [-0.2, 0) is 12.8 Å². The second-order valence-electron chi connectivity index (χ2n) is 4.68. The molecule has 0 bridgehead atoms. The van der Waals surface area contributed by atoms with Crippen LogP contribution >= 0.6 is 0 Å². The average molecular weight is 179 g/mol. The van der Waals surface area contributed by atoms with Crippen molar-refractivity contribution in [1.29, 1.82) is 0 Å². The monoisotopic (exact) mass is 179 g/mol. The second kappa shape index (κ2) is 4.50. The molecule has 0 saturated heterocycles. The standard InChI is InChI=1S/C12H21N/c1-9(2)7-11-5-6-13-12(11)8-10(3)4/h5-6,9-10,13H,7-8H2,1-4H3. The highest BCUT2D eigenvalue weighted by molar-refractivity contribution is 5.21. The molecule has 0 unspecified atom stereocenters. The highest BCUT2D eigenvalue weighted by atomic mass is 14.7. The third kappa shape index (κ3) is 3.25. The second-order valence-corrected chi connectivity index (χ2v) is 4.68. The van der Waals surface area contributed by atoms with Crippen molar-refractivity contribution in [1.82, 2.24) is 4.98 Å². The fourth-order valence-corrected chi connectivity index (χ4v) is 1.67. The van der Waals surface area contributed by atoms with Crippen LogP contribution in [0.4, 0.5) is 0 Å². The van der Waals surface area contributed by atoms with E-state index in [1.807, 2.05) is 0 Å². The molecule has 0 spiro atoms. The molecule has 0 aliphatic carbocycles. The average Bonchev–Trinajstić information content (AvgIpc) is 2.34. The van der Waals surface area contributed by atoms with Crippen LogP contribution in [0.15, 0.2) is 12.3 Å². The Balaban J connectivity index is 2.65. The van der Waals surface area contributed by atoms with Gasteiger partial charge in [0, 0.05) is 11.9 Å². The Morgan fingerprint density at radius 2 is 1.69 bits per heavy atom. The van der Waals surface area contributed by atoms with Gasteiger partial charge in [0.15, 0.2) is 0 Å². The quantitative estimate of drug-likeness (QED) is 0.729. The molecule has 74 valence electrons. The van der Waals surface area contributed by atoms with Gasteiger partial charge in [-0.05, 0) is 36.3 Å². The molecule has 0 aromatic carbocycles. The largest absolute Gasteiger partial charge is 0.365 e. The van der Waals surface area contributed by atoms with Crippen LogP contribution in [0, 0.1) is 11.8 Å². The molecule has 0 atom stereocenters. The van der Waals surface area contributed by atoms with Gasteiger partial charge in [-0.2, -0.15) is 0 Å². The zero-order valence-corrected chi connectivity index (χ0v) is 9.22. The normalized spacial score (nSPS) is 11.5.